The molecule has 1 saturated heterocycles. The molecule has 1 heterocycles. The maximum absolute atomic E-state index is 5.49. The van der Waals surface area contributed by atoms with Crippen LogP contribution in [0.25, 0.3) is 0 Å². The number of nitrogens with zero attached hydrogens (tertiary/aromatic N) is 1. The average Bonchev–Trinajstić information content (AvgIpc) is 2.34. The van der Waals surface area contributed by atoms with Crippen molar-refractivity contribution in [1.29, 1.82) is 0 Å². The Morgan fingerprint density at radius 3 is 2.84 bits per heavy atom. The monoisotopic (exact) mass is 262 g/mol. The molecule has 3 nitrogen and oxygen atoms in total. The van der Waals surface area contributed by atoms with E-state index >= 15 is 0 Å². The summed E-state index contributed by atoms with van der Waals surface area (Å²) < 4.78 is 5.49. The van der Waals surface area contributed by atoms with Gasteiger partial charge in [0.2, 0.25) is 0 Å². The first-order chi connectivity index (χ1) is 8.91. The fraction of sp³-hybridized carbons (Fsp3) is 0.625. The van der Waals surface area contributed by atoms with Crippen LogP contribution in [0, 0.1) is 6.92 Å². The third kappa shape index (κ3) is 3.48. The van der Waals surface area contributed by atoms with E-state index in [1.165, 1.54) is 11.1 Å². The fourth-order valence-electron chi connectivity index (χ4n) is 2.73. The first-order valence-electron chi connectivity index (χ1n) is 7.04. The van der Waals surface area contributed by atoms with Gasteiger partial charge >= 0.3 is 0 Å². The van der Waals surface area contributed by atoms with Crippen molar-refractivity contribution in [2.45, 2.75) is 45.8 Å². The number of methoxy groups -OCH3 is 1. The zero-order chi connectivity index (χ0) is 14.0. The van der Waals surface area contributed by atoms with Crippen molar-refractivity contribution < 1.29 is 4.74 Å². The molecular formula is C16H26N2O. The van der Waals surface area contributed by atoms with E-state index in [0.717, 1.165) is 25.4 Å². The molecule has 1 unspecified atom stereocenters. The van der Waals surface area contributed by atoms with Gasteiger partial charge in [-0.2, -0.15) is 0 Å². The lowest BCUT2D eigenvalue weighted by Crippen LogP contribution is -2.60. The van der Waals surface area contributed by atoms with Gasteiger partial charge in [0, 0.05) is 36.8 Å². The van der Waals surface area contributed by atoms with E-state index in [2.05, 4.69) is 56.1 Å². The Bertz CT molecular complexity index is 442. The van der Waals surface area contributed by atoms with Crippen molar-refractivity contribution in [3.63, 3.8) is 0 Å². The second-order valence-electron chi connectivity index (χ2n) is 6.33. The standard InChI is InChI=1S/C16H26N2O/c1-12-6-7-15(19-5)14(8-12)10-18-11-16(3,4)17-9-13(18)2/h6-8,13,17H,9-11H2,1-5H3. The Labute approximate surface area is 116 Å². The van der Waals surface area contributed by atoms with Crippen molar-refractivity contribution in [2.75, 3.05) is 20.2 Å². The molecule has 1 aliphatic heterocycles. The highest BCUT2D eigenvalue weighted by Gasteiger charge is 2.30. The highest BCUT2D eigenvalue weighted by Crippen LogP contribution is 2.24. The zero-order valence-electron chi connectivity index (χ0n) is 12.8. The molecule has 0 radical (unpaired) electrons. The number of hydrogen-bond acceptors (Lipinski definition) is 3. The molecule has 3 heteroatoms. The molecule has 1 aromatic rings. The molecule has 1 fully saturated rings. The average molecular weight is 262 g/mol. The lowest BCUT2D eigenvalue weighted by Gasteiger charge is -2.43. The number of benzene rings is 1. The second kappa shape index (κ2) is 5.51. The Morgan fingerprint density at radius 1 is 1.42 bits per heavy atom. The first kappa shape index (κ1) is 14.4. The molecule has 0 spiro atoms. The van der Waals surface area contributed by atoms with Crippen LogP contribution in [-0.2, 0) is 6.54 Å². The fourth-order valence-corrected chi connectivity index (χ4v) is 2.73. The summed E-state index contributed by atoms with van der Waals surface area (Å²) in [5, 5.41) is 3.59. The van der Waals surface area contributed by atoms with Gasteiger partial charge < -0.3 is 10.1 Å². The summed E-state index contributed by atoms with van der Waals surface area (Å²) >= 11 is 0. The van der Waals surface area contributed by atoms with Crippen LogP contribution in [0.1, 0.15) is 31.9 Å². The largest absolute Gasteiger partial charge is 0.496 e. The molecule has 1 aliphatic rings. The predicted octanol–water partition coefficient (Wildman–Crippen LogP) is 2.58. The minimum absolute atomic E-state index is 0.184. The highest BCUT2D eigenvalue weighted by molar-refractivity contribution is 5.36. The van der Waals surface area contributed by atoms with Gasteiger partial charge in [-0.25, -0.2) is 0 Å². The topological polar surface area (TPSA) is 24.5 Å². The molecule has 0 aliphatic carbocycles. The number of nitrogens with one attached hydrogen (secondary N) is 1. The van der Waals surface area contributed by atoms with E-state index in [0.29, 0.717) is 6.04 Å². The molecule has 0 saturated carbocycles. The van der Waals surface area contributed by atoms with Gasteiger partial charge in [-0.1, -0.05) is 17.7 Å². The Kier molecular flexibility index (Phi) is 4.16. The lowest BCUT2D eigenvalue weighted by molar-refractivity contribution is 0.0969. The minimum atomic E-state index is 0.184. The van der Waals surface area contributed by atoms with Gasteiger partial charge in [0.1, 0.15) is 5.75 Å². The SMILES string of the molecule is COc1ccc(C)cc1CN1CC(C)(C)NCC1C. The number of aryl methyl sites for hydroxylation is 1. The number of ether oxygens (including phenoxy) is 1. The van der Waals surface area contributed by atoms with Crippen molar-refractivity contribution in [1.82, 2.24) is 10.2 Å². The van der Waals surface area contributed by atoms with Crippen LogP contribution in [0.3, 0.4) is 0 Å². The van der Waals surface area contributed by atoms with E-state index in [-0.39, 0.29) is 5.54 Å². The van der Waals surface area contributed by atoms with Crippen LogP contribution in [-0.4, -0.2) is 36.7 Å². The van der Waals surface area contributed by atoms with Gasteiger partial charge in [0.15, 0.2) is 0 Å². The molecular weight excluding hydrogens is 236 g/mol. The molecule has 0 amide bonds. The van der Waals surface area contributed by atoms with E-state index in [9.17, 15) is 0 Å². The summed E-state index contributed by atoms with van der Waals surface area (Å²) in [7, 11) is 1.75. The zero-order valence-corrected chi connectivity index (χ0v) is 12.8. The maximum atomic E-state index is 5.49. The molecule has 2 rings (SSSR count). The van der Waals surface area contributed by atoms with Crippen molar-refractivity contribution in [3.05, 3.63) is 29.3 Å². The van der Waals surface area contributed by atoms with Crippen LogP contribution in [0.5, 0.6) is 5.75 Å². The Balaban J connectivity index is 2.17. The number of rotatable bonds is 3. The first-order valence-corrected chi connectivity index (χ1v) is 7.04. The van der Waals surface area contributed by atoms with Gasteiger partial charge in [0.05, 0.1) is 7.11 Å². The van der Waals surface area contributed by atoms with Crippen LogP contribution in [0.15, 0.2) is 18.2 Å². The Hall–Kier alpha value is -1.06. The van der Waals surface area contributed by atoms with Crippen molar-refractivity contribution in [2.24, 2.45) is 0 Å². The summed E-state index contributed by atoms with van der Waals surface area (Å²) in [6.45, 7) is 12.0. The van der Waals surface area contributed by atoms with E-state index in [4.69, 9.17) is 4.74 Å². The number of piperazine rings is 1. The van der Waals surface area contributed by atoms with Crippen LogP contribution in [0.4, 0.5) is 0 Å². The van der Waals surface area contributed by atoms with Gasteiger partial charge in [-0.15, -0.1) is 0 Å². The predicted molar refractivity (Wildman–Crippen MR) is 79.7 cm³/mol. The maximum Gasteiger partial charge on any atom is 0.123 e. The van der Waals surface area contributed by atoms with Crippen molar-refractivity contribution in [3.8, 4) is 5.75 Å². The van der Waals surface area contributed by atoms with E-state index in [1.54, 1.807) is 7.11 Å². The van der Waals surface area contributed by atoms with Crippen molar-refractivity contribution >= 4 is 0 Å². The van der Waals surface area contributed by atoms with Crippen LogP contribution < -0.4 is 10.1 Å². The molecule has 1 atom stereocenters. The van der Waals surface area contributed by atoms with Gasteiger partial charge in [-0.05, 0) is 33.8 Å². The third-order valence-corrected chi connectivity index (χ3v) is 3.91. The van der Waals surface area contributed by atoms with E-state index in [1.807, 2.05) is 0 Å². The molecule has 0 bridgehead atoms. The van der Waals surface area contributed by atoms with E-state index < -0.39 is 0 Å². The smallest absolute Gasteiger partial charge is 0.123 e. The molecule has 1 N–H and O–H groups in total. The molecule has 19 heavy (non-hydrogen) atoms. The number of hydrogen-bond donors (Lipinski definition) is 1. The Morgan fingerprint density at radius 2 is 2.16 bits per heavy atom. The summed E-state index contributed by atoms with van der Waals surface area (Å²) in [4.78, 5) is 2.54. The summed E-state index contributed by atoms with van der Waals surface area (Å²) in [5.74, 6) is 0.995. The normalized spacial score (nSPS) is 23.3. The van der Waals surface area contributed by atoms with Crippen LogP contribution >= 0.6 is 0 Å². The summed E-state index contributed by atoms with van der Waals surface area (Å²) in [5.41, 5.74) is 2.76. The van der Waals surface area contributed by atoms with Crippen LogP contribution in [0.2, 0.25) is 0 Å². The van der Waals surface area contributed by atoms with Gasteiger partial charge in [-0.3, -0.25) is 4.90 Å². The third-order valence-electron chi connectivity index (χ3n) is 3.91. The molecule has 106 valence electrons. The highest BCUT2D eigenvalue weighted by atomic mass is 16.5. The second-order valence-corrected chi connectivity index (χ2v) is 6.33. The van der Waals surface area contributed by atoms with Gasteiger partial charge in [0.25, 0.3) is 0 Å². The summed E-state index contributed by atoms with van der Waals surface area (Å²) in [6.07, 6.45) is 0. The molecule has 1 aromatic carbocycles. The molecule has 0 aromatic heterocycles. The lowest BCUT2D eigenvalue weighted by atomic mass is 9.98. The summed E-state index contributed by atoms with van der Waals surface area (Å²) in [6, 6.07) is 6.97. The minimum Gasteiger partial charge on any atom is -0.496 e. The quantitative estimate of drug-likeness (QED) is 0.906.